The second-order valence-electron chi connectivity index (χ2n) is 6.54. The van der Waals surface area contributed by atoms with Crippen LogP contribution in [0.2, 0.25) is 0 Å². The van der Waals surface area contributed by atoms with Gasteiger partial charge in [-0.05, 0) is 32.6 Å². The molecule has 1 N–H and O–H groups in total. The monoisotopic (exact) mass is 315 g/mol. The van der Waals surface area contributed by atoms with Crippen LogP contribution in [0.25, 0.3) is 0 Å². The summed E-state index contributed by atoms with van der Waals surface area (Å²) in [5.74, 6) is 0.971. The van der Waals surface area contributed by atoms with E-state index in [1.54, 1.807) is 4.90 Å². The number of amides is 2. The Morgan fingerprint density at radius 1 is 1.13 bits per heavy atom. The van der Waals surface area contributed by atoms with Gasteiger partial charge in [-0.3, -0.25) is 9.59 Å². The van der Waals surface area contributed by atoms with E-state index >= 15 is 0 Å². The molecule has 2 amide bonds. The van der Waals surface area contributed by atoms with Gasteiger partial charge in [0.25, 0.3) is 0 Å². The van der Waals surface area contributed by atoms with Crippen LogP contribution in [-0.4, -0.2) is 58.9 Å². The maximum Gasteiger partial charge on any atom is 0.312 e. The summed E-state index contributed by atoms with van der Waals surface area (Å²) in [7, 11) is 0. The molecule has 1 unspecified atom stereocenters. The van der Waals surface area contributed by atoms with Crippen molar-refractivity contribution in [3.05, 3.63) is 17.1 Å². The Kier molecular flexibility index (Phi) is 3.43. The van der Waals surface area contributed by atoms with Gasteiger partial charge < -0.3 is 15.1 Å². The first-order chi connectivity index (χ1) is 11.1. The van der Waals surface area contributed by atoms with Gasteiger partial charge in [0.05, 0.1) is 6.04 Å². The van der Waals surface area contributed by atoms with Gasteiger partial charge in [-0.1, -0.05) is 0 Å². The molecule has 0 radical (unpaired) electrons. The Balaban J connectivity index is 1.62. The van der Waals surface area contributed by atoms with Crippen molar-refractivity contribution in [1.29, 1.82) is 0 Å². The van der Waals surface area contributed by atoms with Crippen LogP contribution in [0.4, 0.5) is 5.82 Å². The van der Waals surface area contributed by atoms with E-state index in [-0.39, 0.29) is 6.04 Å². The second kappa shape index (κ2) is 5.47. The maximum absolute atomic E-state index is 12.0. The summed E-state index contributed by atoms with van der Waals surface area (Å²) in [4.78, 5) is 36.8. The molecule has 122 valence electrons. The lowest BCUT2D eigenvalue weighted by atomic mass is 9.95. The second-order valence-corrected chi connectivity index (χ2v) is 6.54. The Morgan fingerprint density at radius 3 is 2.83 bits per heavy atom. The van der Waals surface area contributed by atoms with Crippen LogP contribution in [-0.2, 0) is 22.4 Å². The number of carbonyl (C=O) groups is 2. The number of fused-ring (bicyclic) bond motifs is 2. The molecule has 7 nitrogen and oxygen atoms in total. The van der Waals surface area contributed by atoms with Gasteiger partial charge in [-0.25, -0.2) is 9.97 Å². The molecule has 0 aromatic carbocycles. The molecule has 2 aliphatic heterocycles. The Bertz CT molecular complexity index is 675. The third-order valence-electron chi connectivity index (χ3n) is 5.01. The summed E-state index contributed by atoms with van der Waals surface area (Å²) in [5.41, 5.74) is 2.47. The highest BCUT2D eigenvalue weighted by atomic mass is 16.2. The Hall–Kier alpha value is -2.18. The van der Waals surface area contributed by atoms with Gasteiger partial charge in [0.1, 0.15) is 11.6 Å². The average Bonchev–Trinajstić information content (AvgIpc) is 2.57. The predicted octanol–water partition coefficient (Wildman–Crippen LogP) is -0.189. The van der Waals surface area contributed by atoms with Crippen molar-refractivity contribution < 1.29 is 9.59 Å². The lowest BCUT2D eigenvalue weighted by Crippen LogP contribution is -2.65. The standard InChI is InChI=1S/C16H21N5O2/c1-10-18-13-5-3-2-4-12(13)14(19-10)20-6-7-21-11(9-20)8-17-15(22)16(21)23/h11H,2-9H2,1H3,(H,17,22). The SMILES string of the molecule is Cc1nc2c(c(N3CCN4C(=O)C(=O)NCC4C3)n1)CCCC2. The number of anilines is 1. The maximum atomic E-state index is 12.0. The molecular formula is C16H21N5O2. The minimum Gasteiger partial charge on any atom is -0.352 e. The van der Waals surface area contributed by atoms with E-state index in [0.717, 1.165) is 37.6 Å². The summed E-state index contributed by atoms with van der Waals surface area (Å²) in [6, 6.07) is 0.0310. The minimum atomic E-state index is -0.482. The number of carbonyl (C=O) groups excluding carboxylic acids is 2. The number of nitrogens with zero attached hydrogens (tertiary/aromatic N) is 4. The van der Waals surface area contributed by atoms with Crippen LogP contribution in [0.5, 0.6) is 0 Å². The van der Waals surface area contributed by atoms with Gasteiger partial charge in [-0.15, -0.1) is 0 Å². The van der Waals surface area contributed by atoms with Crippen LogP contribution >= 0.6 is 0 Å². The number of nitrogens with one attached hydrogen (secondary N) is 1. The normalized spacial score (nSPS) is 24.1. The zero-order valence-electron chi connectivity index (χ0n) is 13.3. The lowest BCUT2D eigenvalue weighted by molar-refractivity contribution is -0.150. The molecule has 2 saturated heterocycles. The number of hydrogen-bond donors (Lipinski definition) is 1. The van der Waals surface area contributed by atoms with Crippen LogP contribution in [0.1, 0.15) is 29.9 Å². The van der Waals surface area contributed by atoms with Crippen molar-refractivity contribution in [3.63, 3.8) is 0 Å². The van der Waals surface area contributed by atoms with Crippen LogP contribution in [0, 0.1) is 6.92 Å². The van der Waals surface area contributed by atoms with Crippen molar-refractivity contribution >= 4 is 17.6 Å². The van der Waals surface area contributed by atoms with Crippen molar-refractivity contribution in [2.24, 2.45) is 0 Å². The number of aromatic nitrogens is 2. The molecule has 23 heavy (non-hydrogen) atoms. The fourth-order valence-corrected chi connectivity index (χ4v) is 3.86. The summed E-state index contributed by atoms with van der Waals surface area (Å²) in [6.07, 6.45) is 4.44. The van der Waals surface area contributed by atoms with Crippen molar-refractivity contribution in [2.75, 3.05) is 31.1 Å². The van der Waals surface area contributed by atoms with E-state index in [4.69, 9.17) is 4.98 Å². The number of rotatable bonds is 1. The highest BCUT2D eigenvalue weighted by molar-refractivity contribution is 6.35. The zero-order valence-corrected chi connectivity index (χ0v) is 13.3. The van der Waals surface area contributed by atoms with Crippen molar-refractivity contribution in [3.8, 4) is 0 Å². The topological polar surface area (TPSA) is 78.4 Å². The fourth-order valence-electron chi connectivity index (χ4n) is 3.86. The molecule has 2 fully saturated rings. The van der Waals surface area contributed by atoms with E-state index < -0.39 is 11.8 Å². The number of hydrogen-bond acceptors (Lipinski definition) is 5. The molecule has 1 aliphatic carbocycles. The number of piperazine rings is 2. The molecule has 0 bridgehead atoms. The summed E-state index contributed by atoms with van der Waals surface area (Å²) in [6.45, 7) is 4.48. The van der Waals surface area contributed by atoms with E-state index in [9.17, 15) is 9.59 Å². The molecule has 3 heterocycles. The third-order valence-corrected chi connectivity index (χ3v) is 5.01. The van der Waals surface area contributed by atoms with Gasteiger partial charge in [-0.2, -0.15) is 0 Å². The molecule has 3 aliphatic rings. The zero-order chi connectivity index (χ0) is 16.0. The highest BCUT2D eigenvalue weighted by Crippen LogP contribution is 2.29. The molecule has 0 saturated carbocycles. The average molecular weight is 315 g/mol. The van der Waals surface area contributed by atoms with Crippen molar-refractivity contribution in [1.82, 2.24) is 20.2 Å². The van der Waals surface area contributed by atoms with E-state index in [0.29, 0.717) is 13.1 Å². The van der Waals surface area contributed by atoms with Gasteiger partial charge in [0, 0.05) is 37.4 Å². The van der Waals surface area contributed by atoms with E-state index in [1.165, 1.54) is 24.1 Å². The smallest absolute Gasteiger partial charge is 0.312 e. The molecule has 1 aromatic heterocycles. The quantitative estimate of drug-likeness (QED) is 0.727. The molecular weight excluding hydrogens is 294 g/mol. The van der Waals surface area contributed by atoms with E-state index in [1.807, 2.05) is 6.92 Å². The molecule has 0 spiro atoms. The van der Waals surface area contributed by atoms with Gasteiger partial charge in [0.15, 0.2) is 0 Å². The fraction of sp³-hybridized carbons (Fsp3) is 0.625. The lowest BCUT2D eigenvalue weighted by Gasteiger charge is -2.44. The van der Waals surface area contributed by atoms with Crippen LogP contribution < -0.4 is 10.2 Å². The summed E-state index contributed by atoms with van der Waals surface area (Å²) < 4.78 is 0. The van der Waals surface area contributed by atoms with Crippen LogP contribution in [0.3, 0.4) is 0 Å². The number of aryl methyl sites for hydroxylation is 2. The van der Waals surface area contributed by atoms with Crippen LogP contribution in [0.15, 0.2) is 0 Å². The summed E-state index contributed by atoms with van der Waals surface area (Å²) in [5, 5.41) is 2.69. The third kappa shape index (κ3) is 2.44. The van der Waals surface area contributed by atoms with Crippen molar-refractivity contribution in [2.45, 2.75) is 38.6 Å². The van der Waals surface area contributed by atoms with Gasteiger partial charge >= 0.3 is 11.8 Å². The predicted molar refractivity (Wildman–Crippen MR) is 84.1 cm³/mol. The molecule has 4 rings (SSSR count). The van der Waals surface area contributed by atoms with Gasteiger partial charge in [0.2, 0.25) is 0 Å². The first-order valence-corrected chi connectivity index (χ1v) is 8.33. The molecule has 7 heteroatoms. The minimum absolute atomic E-state index is 0.0310. The summed E-state index contributed by atoms with van der Waals surface area (Å²) >= 11 is 0. The first-order valence-electron chi connectivity index (χ1n) is 8.33. The highest BCUT2D eigenvalue weighted by Gasteiger charge is 2.38. The van der Waals surface area contributed by atoms with E-state index in [2.05, 4.69) is 15.2 Å². The first kappa shape index (κ1) is 14.4. The Labute approximate surface area is 135 Å². The largest absolute Gasteiger partial charge is 0.352 e. The Morgan fingerprint density at radius 2 is 1.96 bits per heavy atom. The molecule has 1 atom stereocenters. The molecule has 1 aromatic rings.